The predicted molar refractivity (Wildman–Crippen MR) is 73.6 cm³/mol. The molecule has 0 aliphatic heterocycles. The Bertz CT molecular complexity index is 796. The third kappa shape index (κ3) is 2.49. The Hall–Kier alpha value is -2.57. The van der Waals surface area contributed by atoms with E-state index >= 15 is 0 Å². The van der Waals surface area contributed by atoms with Gasteiger partial charge >= 0.3 is 6.18 Å². The molecule has 0 bridgehead atoms. The Morgan fingerprint density at radius 1 is 1.27 bits per heavy atom. The van der Waals surface area contributed by atoms with Crippen molar-refractivity contribution < 1.29 is 18.0 Å². The fraction of sp³-hybridized carbons (Fsp3) is 0.200. The van der Waals surface area contributed by atoms with Gasteiger partial charge < -0.3 is 10.3 Å². The van der Waals surface area contributed by atoms with E-state index in [-0.39, 0.29) is 0 Å². The van der Waals surface area contributed by atoms with Crippen molar-refractivity contribution in [2.24, 2.45) is 0 Å². The summed E-state index contributed by atoms with van der Waals surface area (Å²) in [6, 6.07) is 7.96. The maximum Gasteiger partial charge on any atom is 0.417 e. The van der Waals surface area contributed by atoms with Crippen molar-refractivity contribution in [3.8, 4) is 0 Å². The van der Waals surface area contributed by atoms with Crippen LogP contribution < -0.4 is 10.9 Å². The van der Waals surface area contributed by atoms with Crippen molar-refractivity contribution in [2.75, 3.05) is 5.32 Å². The Kier molecular flexibility index (Phi) is 3.27. The summed E-state index contributed by atoms with van der Waals surface area (Å²) in [4.78, 5) is 25.7. The number of hydrogen-bond donors (Lipinski definition) is 2. The Balaban J connectivity index is 1.82. The number of nitrogens with one attached hydrogen (secondary N) is 2. The number of halogens is 3. The third-order valence-electron chi connectivity index (χ3n) is 3.66. The summed E-state index contributed by atoms with van der Waals surface area (Å²) in [5, 5.41) is 2.28. The number of aromatic nitrogens is 1. The molecule has 0 fully saturated rings. The van der Waals surface area contributed by atoms with Crippen LogP contribution in [0.15, 0.2) is 41.3 Å². The number of alkyl halides is 3. The number of amides is 1. The lowest BCUT2D eigenvalue weighted by molar-refractivity contribution is -0.137. The number of benzene rings is 1. The molecular formula is C15H11F3N2O2. The van der Waals surface area contributed by atoms with E-state index in [2.05, 4.69) is 5.32 Å². The molecule has 2 N–H and O–H groups in total. The normalized spacial score (nSPS) is 16.6. The van der Waals surface area contributed by atoms with Crippen molar-refractivity contribution in [1.82, 2.24) is 4.98 Å². The van der Waals surface area contributed by atoms with Crippen LogP contribution in [0.2, 0.25) is 0 Å². The molecule has 1 heterocycles. The molecule has 0 saturated heterocycles. The van der Waals surface area contributed by atoms with E-state index < -0.39 is 34.8 Å². The number of pyridine rings is 1. The summed E-state index contributed by atoms with van der Waals surface area (Å²) in [5.41, 5.74) is -0.321. The van der Waals surface area contributed by atoms with Crippen LogP contribution in [0.5, 0.6) is 0 Å². The van der Waals surface area contributed by atoms with E-state index in [9.17, 15) is 22.8 Å². The Morgan fingerprint density at radius 2 is 2.00 bits per heavy atom. The van der Waals surface area contributed by atoms with Gasteiger partial charge in [0.25, 0.3) is 5.56 Å². The van der Waals surface area contributed by atoms with E-state index in [0.717, 1.165) is 11.1 Å². The van der Waals surface area contributed by atoms with E-state index in [0.29, 0.717) is 18.7 Å². The minimum atomic E-state index is -4.59. The summed E-state index contributed by atoms with van der Waals surface area (Å²) >= 11 is 0. The first-order valence-corrected chi connectivity index (χ1v) is 6.55. The van der Waals surface area contributed by atoms with Crippen LogP contribution in [0.25, 0.3) is 0 Å². The number of fused-ring (bicyclic) bond motifs is 1. The molecule has 1 aromatic heterocycles. The molecule has 1 unspecified atom stereocenters. The van der Waals surface area contributed by atoms with Crippen molar-refractivity contribution >= 4 is 11.6 Å². The van der Waals surface area contributed by atoms with Crippen molar-refractivity contribution in [3.63, 3.8) is 0 Å². The zero-order valence-electron chi connectivity index (χ0n) is 11.2. The van der Waals surface area contributed by atoms with Gasteiger partial charge in [0.15, 0.2) is 0 Å². The molecular weight excluding hydrogens is 297 g/mol. The van der Waals surface area contributed by atoms with Crippen LogP contribution in [-0.4, -0.2) is 10.9 Å². The zero-order valence-corrected chi connectivity index (χ0v) is 11.2. The molecule has 1 atom stereocenters. The summed E-state index contributed by atoms with van der Waals surface area (Å²) in [5.74, 6) is -0.923. The molecule has 4 nitrogen and oxygen atoms in total. The number of H-pyrrole nitrogens is 1. The number of aromatic amines is 1. The number of carbonyl (C=O) groups is 1. The van der Waals surface area contributed by atoms with Gasteiger partial charge in [-0.2, -0.15) is 13.2 Å². The lowest BCUT2D eigenvalue weighted by atomic mass is 9.77. The van der Waals surface area contributed by atoms with Gasteiger partial charge in [0.05, 0.1) is 11.5 Å². The second kappa shape index (κ2) is 5.01. The molecule has 22 heavy (non-hydrogen) atoms. The van der Waals surface area contributed by atoms with Gasteiger partial charge in [0, 0.05) is 6.20 Å². The quantitative estimate of drug-likeness (QED) is 0.896. The van der Waals surface area contributed by atoms with E-state index in [4.69, 9.17) is 0 Å². The molecule has 114 valence electrons. The monoisotopic (exact) mass is 308 g/mol. The second-order valence-electron chi connectivity index (χ2n) is 5.07. The molecule has 0 spiro atoms. The zero-order chi connectivity index (χ0) is 15.9. The van der Waals surface area contributed by atoms with Gasteiger partial charge in [-0.05, 0) is 23.6 Å². The van der Waals surface area contributed by atoms with Crippen LogP contribution in [-0.2, 0) is 17.4 Å². The highest BCUT2D eigenvalue weighted by molar-refractivity contribution is 5.97. The minimum absolute atomic E-state index is 0.399. The topological polar surface area (TPSA) is 62.0 Å². The number of carbonyl (C=O) groups excluding carboxylic acids is 1. The number of hydrogen-bond acceptors (Lipinski definition) is 2. The largest absolute Gasteiger partial charge is 0.417 e. The van der Waals surface area contributed by atoms with Gasteiger partial charge in [-0.1, -0.05) is 24.3 Å². The molecule has 1 aliphatic carbocycles. The van der Waals surface area contributed by atoms with Crippen molar-refractivity contribution in [1.29, 1.82) is 0 Å². The first kappa shape index (κ1) is 14.4. The van der Waals surface area contributed by atoms with E-state index in [1.165, 1.54) is 0 Å². The maximum absolute atomic E-state index is 12.6. The molecule has 7 heteroatoms. The first-order chi connectivity index (χ1) is 10.4. The highest BCUT2D eigenvalue weighted by atomic mass is 19.4. The standard InChI is InChI=1S/C15H11F3N2O2/c16-15(17,18)9-6-12(14(22)19-7-9)20-13(21)11-5-8-3-1-2-4-10(8)11/h1-4,6-7,11H,5H2,(H,19,22)(H,20,21). The van der Waals surface area contributed by atoms with Crippen molar-refractivity contribution in [3.05, 3.63) is 63.6 Å². The SMILES string of the molecule is O=C(Nc1cc(C(F)(F)F)c[nH]c1=O)C1Cc2ccccc21. The number of anilines is 1. The van der Waals surface area contributed by atoms with Crippen LogP contribution >= 0.6 is 0 Å². The summed E-state index contributed by atoms with van der Waals surface area (Å²) in [6.07, 6.45) is -3.50. The molecule has 2 aromatic rings. The molecule has 0 radical (unpaired) electrons. The fourth-order valence-electron chi connectivity index (χ4n) is 2.45. The van der Waals surface area contributed by atoms with E-state index in [1.54, 1.807) is 12.1 Å². The molecule has 1 amide bonds. The van der Waals surface area contributed by atoms with Gasteiger partial charge in [0.1, 0.15) is 5.69 Å². The number of rotatable bonds is 2. The Labute approximate surface area is 123 Å². The van der Waals surface area contributed by atoms with Crippen molar-refractivity contribution in [2.45, 2.75) is 18.5 Å². The highest BCUT2D eigenvalue weighted by Crippen LogP contribution is 2.35. The highest BCUT2D eigenvalue weighted by Gasteiger charge is 2.34. The first-order valence-electron chi connectivity index (χ1n) is 6.55. The average Bonchev–Trinajstić information content (AvgIpc) is 2.41. The fourth-order valence-corrected chi connectivity index (χ4v) is 2.45. The molecule has 1 aromatic carbocycles. The van der Waals surface area contributed by atoms with Gasteiger partial charge in [0.2, 0.25) is 5.91 Å². The lowest BCUT2D eigenvalue weighted by Crippen LogP contribution is -2.32. The Morgan fingerprint density at radius 3 is 2.68 bits per heavy atom. The third-order valence-corrected chi connectivity index (χ3v) is 3.66. The second-order valence-corrected chi connectivity index (χ2v) is 5.07. The average molecular weight is 308 g/mol. The van der Waals surface area contributed by atoms with Gasteiger partial charge in [-0.25, -0.2) is 0 Å². The lowest BCUT2D eigenvalue weighted by Gasteiger charge is -2.28. The van der Waals surface area contributed by atoms with Crippen LogP contribution in [0.3, 0.4) is 0 Å². The smallest absolute Gasteiger partial charge is 0.327 e. The molecule has 3 rings (SSSR count). The molecule has 1 aliphatic rings. The van der Waals surface area contributed by atoms with E-state index in [1.807, 2.05) is 17.1 Å². The predicted octanol–water partition coefficient (Wildman–Crippen LogP) is 2.67. The minimum Gasteiger partial charge on any atom is -0.327 e. The van der Waals surface area contributed by atoms with Gasteiger partial charge in [-0.3, -0.25) is 9.59 Å². The summed E-state index contributed by atoms with van der Waals surface area (Å²) in [7, 11) is 0. The maximum atomic E-state index is 12.6. The van der Waals surface area contributed by atoms with Crippen LogP contribution in [0.4, 0.5) is 18.9 Å². The molecule has 0 saturated carbocycles. The van der Waals surface area contributed by atoms with Gasteiger partial charge in [-0.15, -0.1) is 0 Å². The van der Waals surface area contributed by atoms with Crippen LogP contribution in [0.1, 0.15) is 22.6 Å². The van der Waals surface area contributed by atoms with Crippen LogP contribution in [0, 0.1) is 0 Å². The summed E-state index contributed by atoms with van der Waals surface area (Å²) < 4.78 is 37.9. The summed E-state index contributed by atoms with van der Waals surface area (Å²) in [6.45, 7) is 0.